The molecule has 0 spiro atoms. The van der Waals surface area contributed by atoms with Crippen LogP contribution in [-0.2, 0) is 23.7 Å². The second-order valence-corrected chi connectivity index (χ2v) is 5.72. The van der Waals surface area contributed by atoms with E-state index in [1.165, 1.54) is 0 Å². The average molecular weight is 302 g/mol. The van der Waals surface area contributed by atoms with E-state index in [9.17, 15) is 0 Å². The predicted octanol–water partition coefficient (Wildman–Crippen LogP) is 2.87. The zero-order chi connectivity index (χ0) is 14.9. The summed E-state index contributed by atoms with van der Waals surface area (Å²) in [7, 11) is 0. The monoisotopic (exact) mass is 302 g/mol. The van der Waals surface area contributed by atoms with Crippen LogP contribution in [0.4, 0.5) is 0 Å². The zero-order valence-corrected chi connectivity index (χ0v) is 13.4. The smallest absolute Gasteiger partial charge is 0.186 e. The molecule has 0 N–H and O–H groups in total. The molecule has 0 amide bonds. The first kappa shape index (κ1) is 17.2. The van der Waals surface area contributed by atoms with Gasteiger partial charge < -0.3 is 23.7 Å². The molecule has 2 fully saturated rings. The van der Waals surface area contributed by atoms with Crippen LogP contribution in [0.5, 0.6) is 0 Å². The van der Waals surface area contributed by atoms with Gasteiger partial charge in [-0.05, 0) is 38.5 Å². The van der Waals surface area contributed by atoms with Crippen molar-refractivity contribution >= 4 is 0 Å². The van der Waals surface area contributed by atoms with Gasteiger partial charge in [0.15, 0.2) is 12.6 Å². The van der Waals surface area contributed by atoms with Crippen molar-refractivity contribution in [2.75, 3.05) is 26.4 Å². The van der Waals surface area contributed by atoms with Crippen LogP contribution in [0.15, 0.2) is 0 Å². The Morgan fingerprint density at radius 3 is 1.71 bits per heavy atom. The summed E-state index contributed by atoms with van der Waals surface area (Å²) >= 11 is 0. The van der Waals surface area contributed by atoms with Crippen molar-refractivity contribution in [3.8, 4) is 0 Å². The summed E-state index contributed by atoms with van der Waals surface area (Å²) in [6, 6.07) is 0. The molecular weight excluding hydrogens is 272 g/mol. The molecule has 0 saturated carbocycles. The Morgan fingerprint density at radius 2 is 1.29 bits per heavy atom. The van der Waals surface area contributed by atoms with Gasteiger partial charge in [-0.3, -0.25) is 0 Å². The van der Waals surface area contributed by atoms with Crippen LogP contribution in [0.1, 0.15) is 52.4 Å². The van der Waals surface area contributed by atoms with E-state index in [1.54, 1.807) is 0 Å². The topological polar surface area (TPSA) is 46.2 Å². The Morgan fingerprint density at radius 1 is 0.810 bits per heavy atom. The molecule has 0 bridgehead atoms. The van der Waals surface area contributed by atoms with Crippen molar-refractivity contribution in [3.63, 3.8) is 0 Å². The van der Waals surface area contributed by atoms with Crippen molar-refractivity contribution in [3.05, 3.63) is 0 Å². The zero-order valence-electron chi connectivity index (χ0n) is 13.4. The van der Waals surface area contributed by atoms with E-state index in [4.69, 9.17) is 23.7 Å². The van der Waals surface area contributed by atoms with E-state index in [1.807, 2.05) is 0 Å². The number of ether oxygens (including phenoxy) is 5. The quantitative estimate of drug-likeness (QED) is 0.690. The highest BCUT2D eigenvalue weighted by molar-refractivity contribution is 4.73. The van der Waals surface area contributed by atoms with E-state index in [-0.39, 0.29) is 24.8 Å². The highest BCUT2D eigenvalue weighted by Crippen LogP contribution is 2.25. The van der Waals surface area contributed by atoms with Crippen molar-refractivity contribution in [1.82, 2.24) is 0 Å². The first-order valence-corrected chi connectivity index (χ1v) is 8.47. The lowest BCUT2D eigenvalue weighted by atomic mass is 10.1. The number of hydrogen-bond acceptors (Lipinski definition) is 5. The summed E-state index contributed by atoms with van der Waals surface area (Å²) in [5.41, 5.74) is 0. The summed E-state index contributed by atoms with van der Waals surface area (Å²) in [4.78, 5) is 0. The van der Waals surface area contributed by atoms with Crippen LogP contribution in [0.2, 0.25) is 0 Å². The maximum absolute atomic E-state index is 6.06. The fraction of sp³-hybridized carbons (Fsp3) is 1.00. The number of hydrogen-bond donors (Lipinski definition) is 0. The Bertz CT molecular complexity index is 247. The summed E-state index contributed by atoms with van der Waals surface area (Å²) in [5.74, 6) is 0. The highest BCUT2D eigenvalue weighted by Gasteiger charge is 2.35. The lowest BCUT2D eigenvalue weighted by Gasteiger charge is -2.37. The molecule has 4 unspecified atom stereocenters. The second kappa shape index (κ2) is 9.74. The molecular formula is C16H30O5. The second-order valence-electron chi connectivity index (χ2n) is 5.72. The van der Waals surface area contributed by atoms with Crippen LogP contribution in [0.3, 0.4) is 0 Å². The van der Waals surface area contributed by atoms with Gasteiger partial charge in [-0.1, -0.05) is 13.8 Å². The van der Waals surface area contributed by atoms with Crippen LogP contribution in [0, 0.1) is 0 Å². The van der Waals surface area contributed by atoms with Gasteiger partial charge in [0.1, 0.15) is 12.2 Å². The number of rotatable bonds is 8. The molecule has 0 aliphatic carbocycles. The van der Waals surface area contributed by atoms with Gasteiger partial charge in [-0.15, -0.1) is 0 Å². The largest absolute Gasteiger partial charge is 0.373 e. The molecule has 2 rings (SSSR count). The Balaban J connectivity index is 1.86. The highest BCUT2D eigenvalue weighted by atomic mass is 16.8. The standard InChI is InChI=1S/C16H30O5/c1-3-9-17-13-7-5-11-19-15(13)21-16-14(18-10-4-2)8-6-12-20-16/h13-16H,3-12H2,1-2H3. The molecule has 0 radical (unpaired) electrons. The molecule has 2 heterocycles. The molecule has 0 aromatic rings. The first-order chi connectivity index (χ1) is 10.3. The summed E-state index contributed by atoms with van der Waals surface area (Å²) in [5, 5.41) is 0. The molecule has 2 saturated heterocycles. The van der Waals surface area contributed by atoms with E-state index in [2.05, 4.69) is 13.8 Å². The molecule has 0 aromatic carbocycles. The fourth-order valence-electron chi connectivity index (χ4n) is 2.70. The molecule has 4 atom stereocenters. The van der Waals surface area contributed by atoms with E-state index < -0.39 is 0 Å². The van der Waals surface area contributed by atoms with Crippen LogP contribution < -0.4 is 0 Å². The molecule has 5 heteroatoms. The first-order valence-electron chi connectivity index (χ1n) is 8.47. The minimum atomic E-state index is -0.332. The van der Waals surface area contributed by atoms with Gasteiger partial charge in [0.05, 0.1) is 0 Å². The third kappa shape index (κ3) is 5.49. The minimum Gasteiger partial charge on any atom is -0.373 e. The Hall–Kier alpha value is -0.200. The maximum atomic E-state index is 6.06. The van der Waals surface area contributed by atoms with E-state index >= 15 is 0 Å². The Kier molecular flexibility index (Phi) is 7.96. The van der Waals surface area contributed by atoms with E-state index in [0.717, 1.165) is 65.0 Å². The van der Waals surface area contributed by atoms with E-state index in [0.29, 0.717) is 0 Å². The molecule has 2 aliphatic heterocycles. The molecule has 124 valence electrons. The van der Waals surface area contributed by atoms with Gasteiger partial charge in [-0.25, -0.2) is 0 Å². The summed E-state index contributed by atoms with van der Waals surface area (Å²) < 4.78 is 29.3. The lowest BCUT2D eigenvalue weighted by molar-refractivity contribution is -0.321. The van der Waals surface area contributed by atoms with Crippen molar-refractivity contribution in [2.45, 2.75) is 77.2 Å². The molecule has 5 nitrogen and oxygen atoms in total. The molecule has 2 aliphatic rings. The van der Waals surface area contributed by atoms with Crippen LogP contribution in [-0.4, -0.2) is 51.2 Å². The average Bonchev–Trinajstić information content (AvgIpc) is 2.53. The van der Waals surface area contributed by atoms with Gasteiger partial charge in [0.2, 0.25) is 0 Å². The minimum absolute atomic E-state index is 0.0102. The predicted molar refractivity (Wildman–Crippen MR) is 79.1 cm³/mol. The third-order valence-electron chi connectivity index (χ3n) is 3.78. The van der Waals surface area contributed by atoms with Crippen molar-refractivity contribution < 1.29 is 23.7 Å². The lowest BCUT2D eigenvalue weighted by Crippen LogP contribution is -2.46. The molecule has 0 aromatic heterocycles. The fourth-order valence-corrected chi connectivity index (χ4v) is 2.70. The van der Waals surface area contributed by atoms with Crippen LogP contribution in [0.25, 0.3) is 0 Å². The molecule has 21 heavy (non-hydrogen) atoms. The van der Waals surface area contributed by atoms with Crippen LogP contribution >= 0.6 is 0 Å². The van der Waals surface area contributed by atoms with Gasteiger partial charge in [0.25, 0.3) is 0 Å². The summed E-state index contributed by atoms with van der Waals surface area (Å²) in [6.45, 7) is 7.16. The Labute approximate surface area is 128 Å². The van der Waals surface area contributed by atoms with Crippen molar-refractivity contribution in [1.29, 1.82) is 0 Å². The van der Waals surface area contributed by atoms with Gasteiger partial charge in [-0.2, -0.15) is 0 Å². The maximum Gasteiger partial charge on any atom is 0.186 e. The third-order valence-corrected chi connectivity index (χ3v) is 3.78. The van der Waals surface area contributed by atoms with Crippen molar-refractivity contribution in [2.24, 2.45) is 0 Å². The normalized spacial score (nSPS) is 34.0. The summed E-state index contributed by atoms with van der Waals surface area (Å²) in [6.07, 6.45) is 5.38. The SMILES string of the molecule is CCCOC1CCCOC1OC1OCCCC1OCCC. The van der Waals surface area contributed by atoms with Gasteiger partial charge in [0, 0.05) is 26.4 Å². The van der Waals surface area contributed by atoms with Gasteiger partial charge >= 0.3 is 0 Å².